The van der Waals surface area contributed by atoms with E-state index in [-0.39, 0.29) is 11.6 Å². The number of carbonyl (C=O) groups excluding carboxylic acids is 3. The zero-order valence-electron chi connectivity index (χ0n) is 12.2. The predicted octanol–water partition coefficient (Wildman–Crippen LogP) is 0.261. The second-order valence-corrected chi connectivity index (χ2v) is 5.27. The SMILES string of the molecule is CNC(=O)[C@@H]1C(C(=O)OC)=C(O)C(=O)N1C1CCCCC1. The molecule has 1 aliphatic heterocycles. The first-order chi connectivity index (χ1) is 10.0. The summed E-state index contributed by atoms with van der Waals surface area (Å²) in [5, 5.41) is 12.4. The number of aliphatic hydroxyl groups excluding tert-OH is 1. The molecule has 0 aromatic carbocycles. The van der Waals surface area contributed by atoms with Crippen LogP contribution < -0.4 is 5.32 Å². The third-order valence-corrected chi connectivity index (χ3v) is 4.11. The van der Waals surface area contributed by atoms with Crippen molar-refractivity contribution in [1.82, 2.24) is 10.2 Å². The number of amides is 2. The zero-order chi connectivity index (χ0) is 15.6. The van der Waals surface area contributed by atoms with Crippen molar-refractivity contribution in [2.75, 3.05) is 14.2 Å². The summed E-state index contributed by atoms with van der Waals surface area (Å²) < 4.78 is 4.60. The summed E-state index contributed by atoms with van der Waals surface area (Å²) in [6.07, 6.45) is 4.54. The van der Waals surface area contributed by atoms with E-state index < -0.39 is 29.6 Å². The number of esters is 1. The minimum absolute atomic E-state index is 0.141. The molecule has 2 N–H and O–H groups in total. The summed E-state index contributed by atoms with van der Waals surface area (Å²) in [6.45, 7) is 0. The molecule has 2 aliphatic rings. The van der Waals surface area contributed by atoms with Gasteiger partial charge in [0.15, 0.2) is 5.76 Å². The molecule has 0 radical (unpaired) electrons. The molecule has 21 heavy (non-hydrogen) atoms. The quantitative estimate of drug-likeness (QED) is 0.728. The van der Waals surface area contributed by atoms with Crippen LogP contribution in [0.4, 0.5) is 0 Å². The lowest BCUT2D eigenvalue weighted by atomic mass is 9.93. The van der Waals surface area contributed by atoms with Gasteiger partial charge in [-0.05, 0) is 12.8 Å². The van der Waals surface area contributed by atoms with Crippen molar-refractivity contribution in [3.8, 4) is 0 Å². The maximum atomic E-state index is 12.3. The molecule has 1 fully saturated rings. The van der Waals surface area contributed by atoms with Gasteiger partial charge in [-0.15, -0.1) is 0 Å². The molecule has 0 aromatic heterocycles. The van der Waals surface area contributed by atoms with Crippen molar-refractivity contribution in [3.63, 3.8) is 0 Å². The molecule has 0 spiro atoms. The van der Waals surface area contributed by atoms with E-state index >= 15 is 0 Å². The van der Waals surface area contributed by atoms with Crippen LogP contribution in [0.3, 0.4) is 0 Å². The van der Waals surface area contributed by atoms with Crippen LogP contribution in [0.25, 0.3) is 0 Å². The molecule has 0 unspecified atom stereocenters. The van der Waals surface area contributed by atoms with E-state index in [1.165, 1.54) is 11.9 Å². The molecule has 116 valence electrons. The lowest BCUT2D eigenvalue weighted by molar-refractivity contribution is -0.141. The molecule has 7 nitrogen and oxygen atoms in total. The van der Waals surface area contributed by atoms with E-state index in [1.54, 1.807) is 0 Å². The fourth-order valence-corrected chi connectivity index (χ4v) is 3.07. The number of nitrogens with one attached hydrogen (secondary N) is 1. The predicted molar refractivity (Wildman–Crippen MR) is 73.2 cm³/mol. The van der Waals surface area contributed by atoms with Crippen molar-refractivity contribution in [3.05, 3.63) is 11.3 Å². The highest BCUT2D eigenvalue weighted by atomic mass is 16.5. The third-order valence-electron chi connectivity index (χ3n) is 4.11. The van der Waals surface area contributed by atoms with E-state index in [4.69, 9.17) is 0 Å². The Balaban J connectivity index is 2.39. The second kappa shape index (κ2) is 6.15. The Kier molecular flexibility index (Phi) is 4.50. The molecule has 0 aromatic rings. The first-order valence-electron chi connectivity index (χ1n) is 7.08. The van der Waals surface area contributed by atoms with Crippen LogP contribution in [0.15, 0.2) is 11.3 Å². The lowest BCUT2D eigenvalue weighted by Crippen LogP contribution is -2.51. The van der Waals surface area contributed by atoms with E-state index in [2.05, 4.69) is 10.1 Å². The number of aliphatic hydroxyl groups is 1. The second-order valence-electron chi connectivity index (χ2n) is 5.27. The smallest absolute Gasteiger partial charge is 0.340 e. The van der Waals surface area contributed by atoms with Gasteiger partial charge in [0.05, 0.1) is 7.11 Å². The molecule has 7 heteroatoms. The Labute approximate surface area is 122 Å². The number of methoxy groups -OCH3 is 1. The van der Waals surface area contributed by atoms with Gasteiger partial charge in [-0.2, -0.15) is 0 Å². The highest BCUT2D eigenvalue weighted by Gasteiger charge is 2.49. The van der Waals surface area contributed by atoms with Gasteiger partial charge < -0.3 is 20.1 Å². The summed E-state index contributed by atoms with van der Waals surface area (Å²) in [7, 11) is 2.58. The van der Waals surface area contributed by atoms with Gasteiger partial charge in [0.2, 0.25) is 5.91 Å². The minimum Gasteiger partial charge on any atom is -0.503 e. The Hall–Kier alpha value is -2.05. The Bertz CT molecular complexity index is 494. The number of hydrogen-bond donors (Lipinski definition) is 2. The molecule has 1 aliphatic carbocycles. The third kappa shape index (κ3) is 2.59. The average Bonchev–Trinajstić information content (AvgIpc) is 2.78. The maximum Gasteiger partial charge on any atom is 0.340 e. The lowest BCUT2D eigenvalue weighted by Gasteiger charge is -2.35. The van der Waals surface area contributed by atoms with Crippen LogP contribution in [-0.2, 0) is 19.1 Å². The summed E-state index contributed by atoms with van der Waals surface area (Å²) in [6, 6.07) is -1.25. The van der Waals surface area contributed by atoms with Gasteiger partial charge in [0.1, 0.15) is 11.6 Å². The molecule has 2 amide bonds. The van der Waals surface area contributed by atoms with Gasteiger partial charge in [0.25, 0.3) is 5.91 Å². The molecular formula is C14H20N2O5. The van der Waals surface area contributed by atoms with Crippen molar-refractivity contribution >= 4 is 17.8 Å². The molecule has 0 bridgehead atoms. The summed E-state index contributed by atoms with van der Waals surface area (Å²) in [5.41, 5.74) is -0.271. The number of ether oxygens (including phenoxy) is 1. The van der Waals surface area contributed by atoms with Gasteiger partial charge >= 0.3 is 5.97 Å². The monoisotopic (exact) mass is 296 g/mol. The van der Waals surface area contributed by atoms with Crippen LogP contribution in [0, 0.1) is 0 Å². The van der Waals surface area contributed by atoms with Crippen molar-refractivity contribution < 1.29 is 24.2 Å². The van der Waals surface area contributed by atoms with E-state index in [0.29, 0.717) is 0 Å². The largest absolute Gasteiger partial charge is 0.503 e. The average molecular weight is 296 g/mol. The van der Waals surface area contributed by atoms with Gasteiger partial charge in [-0.3, -0.25) is 9.59 Å². The number of likely N-dealkylation sites (N-methyl/N-ethyl adjacent to an activating group) is 1. The number of nitrogens with zero attached hydrogens (tertiary/aromatic N) is 1. The van der Waals surface area contributed by atoms with Crippen LogP contribution in [0.5, 0.6) is 0 Å². The highest BCUT2D eigenvalue weighted by molar-refractivity contribution is 6.12. The molecule has 0 saturated heterocycles. The molecule has 1 saturated carbocycles. The van der Waals surface area contributed by atoms with Crippen LogP contribution in [0.2, 0.25) is 0 Å². The minimum atomic E-state index is -1.11. The van der Waals surface area contributed by atoms with Crippen molar-refractivity contribution in [1.29, 1.82) is 0 Å². The first kappa shape index (κ1) is 15.3. The highest BCUT2D eigenvalue weighted by Crippen LogP contribution is 2.33. The van der Waals surface area contributed by atoms with E-state index in [9.17, 15) is 19.5 Å². The van der Waals surface area contributed by atoms with Crippen molar-refractivity contribution in [2.24, 2.45) is 0 Å². The number of hydrogen-bond acceptors (Lipinski definition) is 5. The van der Waals surface area contributed by atoms with Crippen LogP contribution in [0.1, 0.15) is 32.1 Å². The summed E-state index contributed by atoms with van der Waals surface area (Å²) in [5.74, 6) is -2.71. The fourth-order valence-electron chi connectivity index (χ4n) is 3.07. The van der Waals surface area contributed by atoms with Crippen LogP contribution in [-0.4, -0.2) is 54.0 Å². The molecule has 2 rings (SSSR count). The zero-order valence-corrected chi connectivity index (χ0v) is 12.2. The van der Waals surface area contributed by atoms with E-state index in [1.807, 2.05) is 0 Å². The normalized spacial score (nSPS) is 23.4. The van der Waals surface area contributed by atoms with Gasteiger partial charge in [-0.1, -0.05) is 19.3 Å². The van der Waals surface area contributed by atoms with Crippen molar-refractivity contribution in [2.45, 2.75) is 44.2 Å². The molecular weight excluding hydrogens is 276 g/mol. The number of rotatable bonds is 3. The van der Waals surface area contributed by atoms with Gasteiger partial charge in [-0.25, -0.2) is 4.79 Å². The molecule has 1 atom stereocenters. The van der Waals surface area contributed by atoms with E-state index in [0.717, 1.165) is 39.2 Å². The standard InChI is InChI=1S/C14H20N2O5/c1-15-12(18)10-9(14(20)21-2)11(17)13(19)16(10)8-6-4-3-5-7-8/h8,10,17H,3-7H2,1-2H3,(H,15,18)/t10-/m0/s1. The first-order valence-corrected chi connectivity index (χ1v) is 7.08. The molecule has 1 heterocycles. The van der Waals surface area contributed by atoms with Gasteiger partial charge in [0, 0.05) is 13.1 Å². The Morgan fingerprint density at radius 1 is 1.29 bits per heavy atom. The Morgan fingerprint density at radius 2 is 1.90 bits per heavy atom. The topological polar surface area (TPSA) is 95.9 Å². The Morgan fingerprint density at radius 3 is 2.43 bits per heavy atom. The number of carbonyl (C=O) groups is 3. The van der Waals surface area contributed by atoms with Crippen LogP contribution >= 0.6 is 0 Å². The summed E-state index contributed by atoms with van der Waals surface area (Å²) >= 11 is 0. The summed E-state index contributed by atoms with van der Waals surface area (Å²) in [4.78, 5) is 37.6. The maximum absolute atomic E-state index is 12.3. The fraction of sp³-hybridized carbons (Fsp3) is 0.643.